The summed E-state index contributed by atoms with van der Waals surface area (Å²) in [7, 11) is 0. The molecule has 0 radical (unpaired) electrons. The van der Waals surface area contributed by atoms with Crippen molar-refractivity contribution >= 4 is 89.2 Å². The average molecular weight is 877 g/mol. The fraction of sp³-hybridized carbons (Fsp3) is 0.400. The molecule has 46 heavy (non-hydrogen) atoms. The minimum Gasteiger partial charge on any atom is -0.809 e. The largest absolute Gasteiger partial charge is 0.809 e. The topological polar surface area (TPSA) is 96.9 Å². The Bertz CT molecular complexity index is 1350. The van der Waals surface area contributed by atoms with Crippen LogP contribution in [0.3, 0.4) is 0 Å². The van der Waals surface area contributed by atoms with E-state index in [1.165, 1.54) is 16.7 Å². The quantitative estimate of drug-likeness (QED) is 0.107. The molecule has 3 unspecified atom stereocenters. The third-order valence-corrected chi connectivity index (χ3v) is 9.13. The van der Waals surface area contributed by atoms with Gasteiger partial charge in [-0.15, -0.1) is 0 Å². The summed E-state index contributed by atoms with van der Waals surface area (Å²) in [4.78, 5) is 33.8. The molecular formula is C30H39MoO6P3S6-6. The van der Waals surface area contributed by atoms with Crippen molar-refractivity contribution < 1.29 is 49.3 Å². The Hall–Kier alpha value is 0.628. The van der Waals surface area contributed by atoms with E-state index < -0.39 is 17.1 Å². The molecule has 16 heteroatoms. The molecule has 258 valence electrons. The zero-order valence-electron chi connectivity index (χ0n) is 26.6. The molecule has 0 aliphatic carbocycles. The van der Waals surface area contributed by atoms with Crippen LogP contribution in [0.2, 0.25) is 0 Å². The van der Waals surface area contributed by atoms with Crippen molar-refractivity contribution in [2.45, 2.75) is 80.1 Å². The van der Waals surface area contributed by atoms with Crippen molar-refractivity contribution in [2.75, 3.05) is 0 Å². The van der Waals surface area contributed by atoms with E-state index in [1.807, 2.05) is 57.2 Å². The number of rotatable bonds is 12. The van der Waals surface area contributed by atoms with Gasteiger partial charge in [0.15, 0.2) is 0 Å². The molecule has 3 aromatic rings. The van der Waals surface area contributed by atoms with Gasteiger partial charge in [-0.25, -0.2) is 0 Å². The third kappa shape index (κ3) is 17.5. The standard InChI is InChI=1S/3C10H15O2PS2.Mo/c3*1-3-8-6-5-7-10(9(8)4-2)12-13(11,14)15;/h3*5-7H,3-4H2,1-2H3,(H2,11,14,15);/p-6. The molecule has 0 fully saturated rings. The summed E-state index contributed by atoms with van der Waals surface area (Å²) in [5.41, 5.74) is -3.16. The number of hydrogen-bond acceptors (Lipinski definition) is 12. The Morgan fingerprint density at radius 2 is 0.696 bits per heavy atom. The van der Waals surface area contributed by atoms with Crippen LogP contribution in [0.1, 0.15) is 74.9 Å². The molecule has 3 aromatic carbocycles. The molecule has 0 N–H and O–H groups in total. The van der Waals surface area contributed by atoms with Crippen LogP contribution in [0.4, 0.5) is 0 Å². The Morgan fingerprint density at radius 3 is 0.848 bits per heavy atom. The zero-order chi connectivity index (χ0) is 34.4. The first-order chi connectivity index (χ1) is 20.9. The van der Waals surface area contributed by atoms with Gasteiger partial charge >= 0.3 is 0 Å². The fourth-order valence-corrected chi connectivity index (χ4v) is 7.33. The summed E-state index contributed by atoms with van der Waals surface area (Å²) < 4.78 is 15.5. The van der Waals surface area contributed by atoms with Gasteiger partial charge in [0.2, 0.25) is 0 Å². The van der Waals surface area contributed by atoms with E-state index in [-0.39, 0.29) is 21.1 Å². The van der Waals surface area contributed by atoms with E-state index in [2.05, 4.69) is 92.9 Å². The minimum atomic E-state index is -3.29. The predicted molar refractivity (Wildman–Crippen MR) is 202 cm³/mol. The molecule has 0 spiro atoms. The van der Waals surface area contributed by atoms with Gasteiger partial charge in [-0.2, -0.15) is 0 Å². The maximum atomic E-state index is 11.3. The molecule has 6 nitrogen and oxygen atoms in total. The second kappa shape index (κ2) is 22.4. The van der Waals surface area contributed by atoms with Crippen LogP contribution in [0.5, 0.6) is 17.2 Å². The maximum absolute atomic E-state index is 11.3. The molecule has 0 aliphatic rings. The minimum absolute atomic E-state index is 0. The zero-order valence-corrected chi connectivity index (χ0v) is 36.2. The van der Waals surface area contributed by atoms with Gasteiger partial charge < -0.3 is 65.0 Å². The molecule has 0 bridgehead atoms. The van der Waals surface area contributed by atoms with E-state index in [0.29, 0.717) is 17.2 Å². The van der Waals surface area contributed by atoms with Crippen molar-refractivity contribution in [1.82, 2.24) is 0 Å². The van der Waals surface area contributed by atoms with E-state index in [1.54, 1.807) is 18.2 Å². The van der Waals surface area contributed by atoms with Crippen molar-refractivity contribution in [3.05, 3.63) is 88.0 Å². The van der Waals surface area contributed by atoms with Gasteiger partial charge in [-0.1, -0.05) is 130 Å². The van der Waals surface area contributed by atoms with Gasteiger partial charge in [0.25, 0.3) is 0 Å². The molecule has 3 atom stereocenters. The maximum Gasteiger partial charge on any atom is 0.123 e. The summed E-state index contributed by atoms with van der Waals surface area (Å²) in [5, 5.41) is 0. The normalized spacial score (nSPS) is 14.3. The van der Waals surface area contributed by atoms with Crippen LogP contribution in [-0.4, -0.2) is 0 Å². The van der Waals surface area contributed by atoms with Gasteiger partial charge in [-0.3, -0.25) is 0 Å². The molecular weight excluding hydrogens is 838 g/mol. The predicted octanol–water partition coefficient (Wildman–Crippen LogP) is 6.96. The van der Waals surface area contributed by atoms with Gasteiger partial charge in [0, 0.05) is 21.1 Å². The Balaban J connectivity index is 0.000000653. The van der Waals surface area contributed by atoms with Crippen LogP contribution in [0.25, 0.3) is 0 Å². The first kappa shape index (κ1) is 46.6. The smallest absolute Gasteiger partial charge is 0.123 e. The molecule has 0 amide bonds. The van der Waals surface area contributed by atoms with E-state index in [0.717, 1.165) is 55.2 Å². The van der Waals surface area contributed by atoms with Gasteiger partial charge in [0.05, 0.1) is 0 Å². The first-order valence-electron chi connectivity index (χ1n) is 14.4. The summed E-state index contributed by atoms with van der Waals surface area (Å²) in [6.07, 6.45) is 5.22. The Labute approximate surface area is 321 Å². The molecule has 0 aromatic heterocycles. The van der Waals surface area contributed by atoms with Crippen molar-refractivity contribution in [2.24, 2.45) is 0 Å². The van der Waals surface area contributed by atoms with Crippen LogP contribution in [0, 0.1) is 0 Å². The van der Waals surface area contributed by atoms with Crippen LogP contribution in [0.15, 0.2) is 54.6 Å². The van der Waals surface area contributed by atoms with E-state index in [4.69, 9.17) is 13.6 Å². The molecule has 0 heterocycles. The molecule has 0 saturated carbocycles. The molecule has 3 rings (SSSR count). The summed E-state index contributed by atoms with van der Waals surface area (Å²) >= 11 is 27.6. The summed E-state index contributed by atoms with van der Waals surface area (Å²) in [5.74, 6) is 1.72. The van der Waals surface area contributed by atoms with Crippen molar-refractivity contribution in [1.29, 1.82) is 0 Å². The summed E-state index contributed by atoms with van der Waals surface area (Å²) in [6.45, 7) is 12.3. The first-order valence-corrected chi connectivity index (χ1v) is 25.4. The SMILES string of the molecule is CCc1cccc(OP([O-])(=S)[S-])c1CC.CCc1cccc(OP([O-])(=S)[S-])c1CC.CCc1cccc(OP([O-])(=S)[S-])c1CC.[Mo]. The number of benzene rings is 3. The second-order valence-corrected chi connectivity index (χ2v) is 23.4. The Morgan fingerprint density at radius 1 is 0.478 bits per heavy atom. The Kier molecular flexibility index (Phi) is 22.8. The van der Waals surface area contributed by atoms with Crippen LogP contribution < -0.4 is 28.3 Å². The third-order valence-electron chi connectivity index (χ3n) is 6.52. The average Bonchev–Trinajstić information content (AvgIpc) is 2.94. The van der Waals surface area contributed by atoms with E-state index >= 15 is 0 Å². The second-order valence-electron chi connectivity index (χ2n) is 9.42. The van der Waals surface area contributed by atoms with Crippen molar-refractivity contribution in [3.8, 4) is 17.2 Å². The van der Waals surface area contributed by atoms with Crippen LogP contribution in [-0.2, 0) is 132 Å². The number of aryl methyl sites for hydroxylation is 3. The molecule has 0 saturated heterocycles. The van der Waals surface area contributed by atoms with Gasteiger partial charge in [0.1, 0.15) is 17.2 Å². The fourth-order valence-electron chi connectivity index (χ4n) is 4.65. The summed E-state index contributed by atoms with van der Waals surface area (Å²) in [6, 6.07) is 17.0. The monoisotopic (exact) mass is 878 g/mol. The molecule has 0 aliphatic heterocycles. The van der Waals surface area contributed by atoms with Crippen molar-refractivity contribution in [3.63, 3.8) is 0 Å². The number of hydrogen-bond donors (Lipinski definition) is 0. The van der Waals surface area contributed by atoms with Gasteiger partial charge in [-0.05, 0) is 90.1 Å². The van der Waals surface area contributed by atoms with E-state index in [9.17, 15) is 14.7 Å². The van der Waals surface area contributed by atoms with Crippen LogP contribution >= 0.6 is 17.1 Å².